The Labute approximate surface area is 219 Å². The van der Waals surface area contributed by atoms with Gasteiger partial charge in [-0.05, 0) is 36.4 Å². The van der Waals surface area contributed by atoms with Crippen LogP contribution in [0, 0.1) is 5.41 Å². The molecular weight excluding hydrogens is 486 g/mol. The lowest BCUT2D eigenvalue weighted by molar-refractivity contribution is -0.127. The topological polar surface area (TPSA) is 146 Å². The zero-order valence-electron chi connectivity index (χ0n) is 21.2. The second-order valence-corrected chi connectivity index (χ2v) is 9.74. The van der Waals surface area contributed by atoms with Crippen LogP contribution < -0.4 is 15.5 Å². The van der Waals surface area contributed by atoms with Crippen molar-refractivity contribution >= 4 is 40.8 Å². The number of hydrogen-bond donors (Lipinski definition) is 2. The van der Waals surface area contributed by atoms with Crippen molar-refractivity contribution in [3.63, 3.8) is 0 Å². The number of nitrogens with two attached hydrogens (primary N) is 1. The number of aromatic nitrogens is 1. The summed E-state index contributed by atoms with van der Waals surface area (Å²) in [6.45, 7) is 4.99. The third-order valence-corrected chi connectivity index (χ3v) is 6.09. The van der Waals surface area contributed by atoms with E-state index in [1.165, 1.54) is 29.2 Å². The molecule has 0 fully saturated rings. The largest absolute Gasteiger partial charge is 0.478 e. The van der Waals surface area contributed by atoms with E-state index in [0.29, 0.717) is 22.7 Å². The van der Waals surface area contributed by atoms with E-state index in [9.17, 15) is 24.3 Å². The molecule has 10 nitrogen and oxygen atoms in total. The van der Waals surface area contributed by atoms with Crippen LogP contribution in [0.25, 0.3) is 0 Å². The maximum Gasteiger partial charge on any atom is 0.335 e. The summed E-state index contributed by atoms with van der Waals surface area (Å²) in [5.41, 5.74) is 6.67. The molecule has 3 aromatic rings. The summed E-state index contributed by atoms with van der Waals surface area (Å²) in [5.74, 6) is -2.11. The predicted molar refractivity (Wildman–Crippen MR) is 142 cm³/mol. The first-order valence-electron chi connectivity index (χ1n) is 11.8. The Morgan fingerprint density at radius 2 is 1.74 bits per heavy atom. The number of amides is 3. The highest BCUT2D eigenvalue weighted by molar-refractivity contribution is 6.21. The van der Waals surface area contributed by atoms with Crippen LogP contribution in [0.3, 0.4) is 0 Å². The van der Waals surface area contributed by atoms with Crippen molar-refractivity contribution in [2.24, 2.45) is 16.1 Å². The van der Waals surface area contributed by atoms with Gasteiger partial charge in [-0.3, -0.25) is 19.5 Å². The maximum atomic E-state index is 14.2. The van der Waals surface area contributed by atoms with Crippen molar-refractivity contribution in [2.75, 3.05) is 16.3 Å². The van der Waals surface area contributed by atoms with Crippen molar-refractivity contribution in [1.82, 2.24) is 4.98 Å². The summed E-state index contributed by atoms with van der Waals surface area (Å²) in [5, 5.41) is 9.48. The summed E-state index contributed by atoms with van der Waals surface area (Å²) in [6.07, 6.45) is 0.0272. The molecule has 0 saturated carbocycles. The molecule has 1 aliphatic heterocycles. The van der Waals surface area contributed by atoms with Crippen molar-refractivity contribution < 1.29 is 24.3 Å². The van der Waals surface area contributed by atoms with E-state index in [1.807, 2.05) is 0 Å². The Bertz CT molecular complexity index is 1450. The highest BCUT2D eigenvalue weighted by atomic mass is 16.4. The summed E-state index contributed by atoms with van der Waals surface area (Å²) in [4.78, 5) is 63.1. The molecule has 2 heterocycles. The molecular formula is C28H27N5O5. The summed E-state index contributed by atoms with van der Waals surface area (Å²) >= 11 is 0. The highest BCUT2D eigenvalue weighted by Crippen LogP contribution is 2.32. The molecule has 0 bridgehead atoms. The van der Waals surface area contributed by atoms with Gasteiger partial charge in [-0.25, -0.2) is 14.6 Å². The molecule has 3 amide bonds. The Balaban J connectivity index is 1.97. The van der Waals surface area contributed by atoms with Crippen LogP contribution in [0.5, 0.6) is 0 Å². The number of aliphatic imine (C=N–C) groups is 1. The van der Waals surface area contributed by atoms with Crippen LogP contribution in [0.1, 0.15) is 42.4 Å². The monoisotopic (exact) mass is 513 g/mol. The number of rotatable bonds is 6. The first-order valence-corrected chi connectivity index (χ1v) is 11.8. The van der Waals surface area contributed by atoms with Gasteiger partial charge in [-0.2, -0.15) is 0 Å². The number of carboxylic acids is 1. The molecule has 0 spiro atoms. The molecule has 10 heteroatoms. The van der Waals surface area contributed by atoms with Gasteiger partial charge < -0.3 is 15.7 Å². The van der Waals surface area contributed by atoms with Crippen molar-refractivity contribution in [3.05, 3.63) is 89.7 Å². The van der Waals surface area contributed by atoms with E-state index in [2.05, 4.69) is 9.98 Å². The number of benzodiazepines with no additional fused rings is 1. The minimum atomic E-state index is -1.55. The van der Waals surface area contributed by atoms with Gasteiger partial charge >= 0.3 is 12.0 Å². The van der Waals surface area contributed by atoms with Gasteiger partial charge in [0.05, 0.1) is 29.2 Å². The number of aromatic carboxylic acids is 1. The van der Waals surface area contributed by atoms with Gasteiger partial charge in [0.2, 0.25) is 6.17 Å². The Kier molecular flexibility index (Phi) is 7.07. The van der Waals surface area contributed by atoms with Crippen LogP contribution >= 0.6 is 0 Å². The zero-order valence-corrected chi connectivity index (χ0v) is 21.2. The molecule has 1 atom stereocenters. The fraction of sp³-hybridized carbons (Fsp3) is 0.214. The predicted octanol–water partition coefficient (Wildman–Crippen LogP) is 3.49. The molecule has 0 saturated heterocycles. The lowest BCUT2D eigenvalue weighted by Crippen LogP contribution is -2.53. The van der Waals surface area contributed by atoms with E-state index in [0.717, 1.165) is 4.90 Å². The molecule has 3 N–H and O–H groups in total. The minimum Gasteiger partial charge on any atom is -0.478 e. The van der Waals surface area contributed by atoms with Crippen molar-refractivity contribution in [3.8, 4) is 0 Å². The third-order valence-electron chi connectivity index (χ3n) is 6.09. The Morgan fingerprint density at radius 1 is 1.03 bits per heavy atom. The van der Waals surface area contributed by atoms with Crippen LogP contribution in [-0.2, 0) is 9.59 Å². The number of pyridine rings is 1. The molecule has 2 aromatic carbocycles. The van der Waals surface area contributed by atoms with Gasteiger partial charge in [0.25, 0.3) is 5.91 Å². The van der Waals surface area contributed by atoms with Gasteiger partial charge in [0, 0.05) is 22.9 Å². The van der Waals surface area contributed by atoms with Gasteiger partial charge in [0.1, 0.15) is 0 Å². The average molecular weight is 514 g/mol. The third kappa shape index (κ3) is 5.15. The minimum absolute atomic E-state index is 0.0629. The number of carbonyl (C=O) groups is 4. The van der Waals surface area contributed by atoms with Crippen molar-refractivity contribution in [2.45, 2.75) is 26.9 Å². The van der Waals surface area contributed by atoms with E-state index in [-0.39, 0.29) is 23.6 Å². The standard InChI is InChI=1S/C28H27N5O5/c1-28(2,3)22(34)16-32-21-13-5-4-11-19(21)23(20-12-6-7-14-30-20)31-24(25(32)35)33(27(29)38)18-10-8-9-17(15-18)26(36)37/h4-15,24H,16H2,1-3H3,(H2,29,38)(H,36,37). The van der Waals surface area contributed by atoms with E-state index in [1.54, 1.807) is 69.4 Å². The number of para-hydroxylation sites is 1. The number of carbonyl (C=O) groups excluding carboxylic acids is 3. The first kappa shape index (κ1) is 26.2. The lowest BCUT2D eigenvalue weighted by Gasteiger charge is -2.31. The molecule has 38 heavy (non-hydrogen) atoms. The molecule has 0 radical (unpaired) electrons. The van der Waals surface area contributed by atoms with Gasteiger partial charge in [-0.1, -0.05) is 51.1 Å². The second-order valence-electron chi connectivity index (χ2n) is 9.74. The fourth-order valence-corrected chi connectivity index (χ4v) is 4.01. The van der Waals surface area contributed by atoms with E-state index >= 15 is 0 Å². The number of Topliss-reactive ketones (excluding diaryl/α,β-unsaturated/α-hetero) is 1. The highest BCUT2D eigenvalue weighted by Gasteiger charge is 2.40. The lowest BCUT2D eigenvalue weighted by atomic mass is 9.90. The summed E-state index contributed by atoms with van der Waals surface area (Å²) < 4.78 is 0. The smallest absolute Gasteiger partial charge is 0.335 e. The number of hydrogen-bond acceptors (Lipinski definition) is 6. The Hall–Kier alpha value is -4.86. The van der Waals surface area contributed by atoms with Crippen LogP contribution in [0.2, 0.25) is 0 Å². The number of carboxylic acid groups (broad SMARTS) is 1. The average Bonchev–Trinajstić information content (AvgIpc) is 2.99. The molecule has 4 rings (SSSR count). The summed E-state index contributed by atoms with van der Waals surface area (Å²) in [7, 11) is 0. The molecule has 0 aliphatic carbocycles. The van der Waals surface area contributed by atoms with E-state index in [4.69, 9.17) is 5.73 Å². The number of benzene rings is 2. The van der Waals surface area contributed by atoms with Gasteiger partial charge in [-0.15, -0.1) is 0 Å². The second kappa shape index (κ2) is 10.3. The quantitative estimate of drug-likeness (QED) is 0.516. The first-order chi connectivity index (χ1) is 18.0. The SMILES string of the molecule is CC(C)(C)C(=O)CN1C(=O)C(N(C(N)=O)c2cccc(C(=O)O)c2)N=C(c2ccccn2)c2ccccc21. The Morgan fingerprint density at radius 3 is 2.37 bits per heavy atom. The molecule has 194 valence electrons. The molecule has 1 aromatic heterocycles. The number of ketones is 1. The maximum absolute atomic E-state index is 14.2. The zero-order chi connectivity index (χ0) is 27.6. The summed E-state index contributed by atoms with van der Waals surface area (Å²) in [6, 6.07) is 16.6. The number of fused-ring (bicyclic) bond motifs is 1. The molecule has 1 aliphatic rings. The van der Waals surface area contributed by atoms with Crippen LogP contribution in [0.15, 0.2) is 77.9 Å². The fourth-order valence-electron chi connectivity index (χ4n) is 4.01. The number of nitrogens with zero attached hydrogens (tertiary/aromatic N) is 4. The number of primary amides is 1. The van der Waals surface area contributed by atoms with Gasteiger partial charge in [0.15, 0.2) is 5.78 Å². The van der Waals surface area contributed by atoms with E-state index < -0.39 is 29.5 Å². The molecule has 1 unspecified atom stereocenters. The number of anilines is 2. The van der Waals surface area contributed by atoms with Crippen molar-refractivity contribution in [1.29, 1.82) is 0 Å². The number of urea groups is 1. The van der Waals surface area contributed by atoms with Crippen LogP contribution in [0.4, 0.5) is 16.2 Å². The van der Waals surface area contributed by atoms with Crippen LogP contribution in [-0.4, -0.2) is 52.2 Å². The normalized spacial score (nSPS) is 15.2.